The highest BCUT2D eigenvalue weighted by atomic mass is 16.6. The number of ether oxygens (including phenoxy) is 2. The topological polar surface area (TPSA) is 130 Å². The summed E-state index contributed by atoms with van der Waals surface area (Å²) >= 11 is 0. The Kier molecular flexibility index (Phi) is 7.88. The van der Waals surface area contributed by atoms with E-state index >= 15 is 0 Å². The molecule has 0 unspecified atom stereocenters. The highest BCUT2D eigenvalue weighted by Crippen LogP contribution is 2.19. The molecule has 9 heteroatoms. The van der Waals surface area contributed by atoms with Crippen LogP contribution in [-0.4, -0.2) is 56.5 Å². The normalized spacial score (nSPS) is 12.9. The summed E-state index contributed by atoms with van der Waals surface area (Å²) < 4.78 is 10.2. The summed E-state index contributed by atoms with van der Waals surface area (Å²) in [5.41, 5.74) is -1.91. The van der Waals surface area contributed by atoms with Gasteiger partial charge in [0, 0.05) is 6.42 Å². The van der Waals surface area contributed by atoms with Crippen LogP contribution in [0.3, 0.4) is 0 Å². The molecule has 0 aliphatic rings. The van der Waals surface area contributed by atoms with Crippen molar-refractivity contribution in [2.24, 2.45) is 0 Å². The number of rotatable bonds is 6. The van der Waals surface area contributed by atoms with Crippen molar-refractivity contribution in [2.75, 3.05) is 0 Å². The molecule has 1 atom stereocenters. The number of hydrogen-bond donors (Lipinski definition) is 2. The number of carbonyl (C=O) groups is 4. The maximum absolute atomic E-state index is 12.4. The second-order valence-electron chi connectivity index (χ2n) is 7.47. The maximum atomic E-state index is 12.4. The summed E-state index contributed by atoms with van der Waals surface area (Å²) in [7, 11) is 0. The van der Waals surface area contributed by atoms with E-state index in [2.05, 4.69) is 0 Å². The average Bonchev–Trinajstić information content (AvgIpc) is 2.32. The zero-order valence-corrected chi connectivity index (χ0v) is 15.5. The molecule has 25 heavy (non-hydrogen) atoms. The van der Waals surface area contributed by atoms with E-state index in [0.717, 1.165) is 0 Å². The monoisotopic (exact) mass is 361 g/mol. The Balaban J connectivity index is 5.55. The van der Waals surface area contributed by atoms with Gasteiger partial charge in [0.1, 0.15) is 17.2 Å². The minimum Gasteiger partial charge on any atom is -0.481 e. The van der Waals surface area contributed by atoms with Crippen LogP contribution in [0.25, 0.3) is 0 Å². The average molecular weight is 361 g/mol. The molecule has 0 spiro atoms. The Labute approximate surface area is 146 Å². The second kappa shape index (κ2) is 8.68. The van der Waals surface area contributed by atoms with Gasteiger partial charge in [-0.25, -0.2) is 14.4 Å². The number of imide groups is 1. The summed E-state index contributed by atoms with van der Waals surface area (Å²) in [6.07, 6.45) is -2.89. The Bertz CT molecular complexity index is 487. The van der Waals surface area contributed by atoms with Gasteiger partial charge >= 0.3 is 24.1 Å². The lowest BCUT2D eigenvalue weighted by Crippen LogP contribution is -2.52. The smallest absolute Gasteiger partial charge is 0.420 e. The second-order valence-corrected chi connectivity index (χ2v) is 7.47. The fraction of sp³-hybridized carbons (Fsp3) is 0.750. The van der Waals surface area contributed by atoms with Crippen molar-refractivity contribution >= 4 is 24.1 Å². The van der Waals surface area contributed by atoms with Crippen molar-refractivity contribution in [2.45, 2.75) is 78.0 Å². The van der Waals surface area contributed by atoms with Crippen molar-refractivity contribution in [3.63, 3.8) is 0 Å². The first-order valence-corrected chi connectivity index (χ1v) is 7.84. The maximum Gasteiger partial charge on any atom is 0.420 e. The summed E-state index contributed by atoms with van der Waals surface area (Å²) in [6.45, 7) is 9.41. The van der Waals surface area contributed by atoms with Gasteiger partial charge in [0.15, 0.2) is 0 Å². The van der Waals surface area contributed by atoms with E-state index in [4.69, 9.17) is 14.6 Å². The molecule has 0 rings (SSSR count). The Morgan fingerprint density at radius 2 is 1.28 bits per heavy atom. The Hall–Kier alpha value is -2.32. The predicted octanol–water partition coefficient (Wildman–Crippen LogP) is 2.87. The van der Waals surface area contributed by atoms with Crippen molar-refractivity contribution in [3.05, 3.63) is 0 Å². The lowest BCUT2D eigenvalue weighted by molar-refractivity contribution is -0.144. The molecule has 0 bridgehead atoms. The van der Waals surface area contributed by atoms with Crippen LogP contribution in [0.15, 0.2) is 0 Å². The zero-order valence-electron chi connectivity index (χ0n) is 15.5. The van der Waals surface area contributed by atoms with Crippen LogP contribution in [0.1, 0.15) is 60.8 Å². The van der Waals surface area contributed by atoms with Crippen LogP contribution in [0.5, 0.6) is 0 Å². The molecule has 0 aromatic carbocycles. The van der Waals surface area contributed by atoms with Crippen LogP contribution < -0.4 is 0 Å². The number of carboxylic acids is 2. The van der Waals surface area contributed by atoms with Crippen molar-refractivity contribution in [1.82, 2.24) is 4.90 Å². The van der Waals surface area contributed by atoms with E-state index < -0.39 is 41.4 Å². The first kappa shape index (κ1) is 22.7. The van der Waals surface area contributed by atoms with E-state index in [-0.39, 0.29) is 19.3 Å². The molecule has 0 saturated heterocycles. The molecule has 0 aromatic rings. The molecule has 9 nitrogen and oxygen atoms in total. The molecule has 0 fully saturated rings. The van der Waals surface area contributed by atoms with Crippen LogP contribution >= 0.6 is 0 Å². The third-order valence-electron chi connectivity index (χ3n) is 2.65. The summed E-state index contributed by atoms with van der Waals surface area (Å²) in [5, 5.41) is 18.1. The van der Waals surface area contributed by atoms with Crippen LogP contribution in [-0.2, 0) is 19.1 Å². The molecule has 0 saturated carbocycles. The van der Waals surface area contributed by atoms with Crippen LogP contribution in [0.4, 0.5) is 9.59 Å². The molecular formula is C16H27NO8. The third-order valence-corrected chi connectivity index (χ3v) is 2.65. The predicted molar refractivity (Wildman–Crippen MR) is 87.2 cm³/mol. The van der Waals surface area contributed by atoms with Gasteiger partial charge in [-0.1, -0.05) is 0 Å². The number of hydrogen-bond acceptors (Lipinski definition) is 6. The minimum absolute atomic E-state index is 0.0333. The number of nitrogens with zero attached hydrogens (tertiary/aromatic N) is 1. The van der Waals surface area contributed by atoms with E-state index in [0.29, 0.717) is 4.90 Å². The standard InChI is InChI=1S/C16H27NO8/c1-15(2,3)24-13(22)17(14(23)25-16(4,5)6)10(12(20)21)8-7-9-11(18)19/h10H,7-9H2,1-6H3,(H,18,19)(H,20,21)/t10-/m0/s1. The van der Waals surface area contributed by atoms with Gasteiger partial charge < -0.3 is 19.7 Å². The molecule has 0 aliphatic heterocycles. The summed E-state index contributed by atoms with van der Waals surface area (Å²) in [6, 6.07) is -1.59. The quantitative estimate of drug-likeness (QED) is 0.738. The lowest BCUT2D eigenvalue weighted by Gasteiger charge is -2.31. The van der Waals surface area contributed by atoms with Crippen LogP contribution in [0.2, 0.25) is 0 Å². The molecule has 2 N–H and O–H groups in total. The number of carboxylic acid groups (broad SMARTS) is 2. The fourth-order valence-corrected chi connectivity index (χ4v) is 1.76. The number of carbonyl (C=O) groups excluding carboxylic acids is 2. The number of amides is 2. The minimum atomic E-state index is -1.59. The highest BCUT2D eigenvalue weighted by Gasteiger charge is 2.40. The molecule has 0 radical (unpaired) electrons. The molecular weight excluding hydrogens is 334 g/mol. The molecule has 0 aliphatic carbocycles. The van der Waals surface area contributed by atoms with Gasteiger partial charge in [-0.2, -0.15) is 4.90 Å². The molecule has 144 valence electrons. The summed E-state index contributed by atoms with van der Waals surface area (Å²) in [5.74, 6) is -2.56. The molecule has 0 heterocycles. The van der Waals surface area contributed by atoms with Crippen molar-refractivity contribution in [3.8, 4) is 0 Å². The first-order valence-electron chi connectivity index (χ1n) is 7.84. The van der Waals surface area contributed by atoms with E-state index in [1.54, 1.807) is 41.5 Å². The van der Waals surface area contributed by atoms with Crippen LogP contribution in [0, 0.1) is 0 Å². The van der Waals surface area contributed by atoms with E-state index in [9.17, 15) is 24.3 Å². The SMILES string of the molecule is CC(C)(C)OC(=O)N(C(=O)OC(C)(C)C)[C@@H](CCCC(=O)O)C(=O)O. The van der Waals surface area contributed by atoms with Gasteiger partial charge in [0.25, 0.3) is 0 Å². The third kappa shape index (κ3) is 9.53. The van der Waals surface area contributed by atoms with E-state index in [1.165, 1.54) is 0 Å². The van der Waals surface area contributed by atoms with Gasteiger partial charge in [-0.05, 0) is 54.4 Å². The first-order chi connectivity index (χ1) is 11.1. The van der Waals surface area contributed by atoms with E-state index in [1.807, 2.05) is 0 Å². The zero-order chi connectivity index (χ0) is 20.0. The Morgan fingerprint density at radius 1 is 0.880 bits per heavy atom. The molecule has 2 amide bonds. The Morgan fingerprint density at radius 3 is 1.56 bits per heavy atom. The van der Waals surface area contributed by atoms with Gasteiger partial charge in [0.05, 0.1) is 0 Å². The lowest BCUT2D eigenvalue weighted by atomic mass is 10.1. The van der Waals surface area contributed by atoms with Gasteiger partial charge in [0.2, 0.25) is 0 Å². The van der Waals surface area contributed by atoms with Crippen molar-refractivity contribution < 1.29 is 38.9 Å². The van der Waals surface area contributed by atoms with Gasteiger partial charge in [-0.15, -0.1) is 0 Å². The summed E-state index contributed by atoms with van der Waals surface area (Å²) in [4.78, 5) is 47.3. The van der Waals surface area contributed by atoms with Gasteiger partial charge in [-0.3, -0.25) is 4.79 Å². The number of aliphatic carboxylic acids is 2. The fourth-order valence-electron chi connectivity index (χ4n) is 1.76. The highest BCUT2D eigenvalue weighted by molar-refractivity contribution is 5.93. The molecule has 0 aromatic heterocycles. The largest absolute Gasteiger partial charge is 0.481 e. The van der Waals surface area contributed by atoms with Crippen molar-refractivity contribution in [1.29, 1.82) is 0 Å².